The average molecular weight is 393 g/mol. The highest BCUT2D eigenvalue weighted by Gasteiger charge is 2.24. The number of hydrogen-bond donors (Lipinski definition) is 1. The molecule has 28 heavy (non-hydrogen) atoms. The molecule has 7 nitrogen and oxygen atoms in total. The van der Waals surface area contributed by atoms with Crippen LogP contribution < -0.4 is 5.32 Å². The van der Waals surface area contributed by atoms with Crippen molar-refractivity contribution in [1.82, 2.24) is 15.0 Å². The topological polar surface area (TPSA) is 78.7 Å². The average Bonchev–Trinajstić information content (AvgIpc) is 3.21. The van der Waals surface area contributed by atoms with E-state index in [0.717, 1.165) is 26.1 Å². The van der Waals surface area contributed by atoms with Crippen LogP contribution in [0.5, 0.6) is 0 Å². The molecular weight excluding hydrogens is 356 g/mol. The van der Waals surface area contributed by atoms with Crippen LogP contribution in [0.25, 0.3) is 0 Å². The van der Waals surface area contributed by atoms with Gasteiger partial charge in [-0.05, 0) is 50.6 Å². The summed E-state index contributed by atoms with van der Waals surface area (Å²) in [6.07, 6.45) is 3.86. The second kappa shape index (κ2) is 10.0. The predicted octanol–water partition coefficient (Wildman–Crippen LogP) is 3.31. The van der Waals surface area contributed by atoms with Crippen LogP contribution in [0.4, 0.5) is 5.82 Å². The Bertz CT molecular complexity index is 644. The number of likely N-dealkylation sites (tertiary alicyclic amines) is 1. The standard InChI is InChI=1S/C21H36N4O3/c1-16(14-21(3,4)5)12-20(27)25(11-10-24-8-6-7-9-24)15-19(26)22-18-13-17(2)28-23-18/h13,16H,6-12,14-15H2,1-5H3,(H,22,23,26)/t16-/m0/s1. The van der Waals surface area contributed by atoms with Crippen LogP contribution in [0, 0.1) is 18.3 Å². The number of aryl methyl sites for hydroxylation is 1. The molecule has 2 rings (SSSR count). The molecular formula is C21H36N4O3. The van der Waals surface area contributed by atoms with Crippen molar-refractivity contribution in [3.8, 4) is 0 Å². The summed E-state index contributed by atoms with van der Waals surface area (Å²) >= 11 is 0. The minimum atomic E-state index is -0.244. The number of nitrogens with one attached hydrogen (secondary N) is 1. The summed E-state index contributed by atoms with van der Waals surface area (Å²) in [7, 11) is 0. The van der Waals surface area contributed by atoms with E-state index < -0.39 is 0 Å². The van der Waals surface area contributed by atoms with E-state index >= 15 is 0 Å². The molecule has 1 aliphatic rings. The summed E-state index contributed by atoms with van der Waals surface area (Å²) in [4.78, 5) is 29.4. The molecule has 1 aromatic heterocycles. The molecule has 0 saturated carbocycles. The van der Waals surface area contributed by atoms with Crippen LogP contribution in [0.2, 0.25) is 0 Å². The number of anilines is 1. The molecule has 7 heteroatoms. The van der Waals surface area contributed by atoms with Crippen molar-refractivity contribution in [2.45, 2.75) is 60.3 Å². The van der Waals surface area contributed by atoms with Gasteiger partial charge >= 0.3 is 0 Å². The van der Waals surface area contributed by atoms with Gasteiger partial charge in [0, 0.05) is 25.6 Å². The zero-order valence-electron chi connectivity index (χ0n) is 18.1. The summed E-state index contributed by atoms with van der Waals surface area (Å²) in [5, 5.41) is 6.50. The highest BCUT2D eigenvalue weighted by molar-refractivity contribution is 5.93. The lowest BCUT2D eigenvalue weighted by atomic mass is 9.84. The van der Waals surface area contributed by atoms with Crippen LogP contribution in [0.1, 0.15) is 59.1 Å². The maximum Gasteiger partial charge on any atom is 0.245 e. The number of hydrogen-bond acceptors (Lipinski definition) is 5. The summed E-state index contributed by atoms with van der Waals surface area (Å²) in [5.41, 5.74) is 0.183. The Labute approximate surface area is 168 Å². The molecule has 0 aliphatic carbocycles. The van der Waals surface area contributed by atoms with Gasteiger partial charge in [-0.25, -0.2) is 0 Å². The van der Waals surface area contributed by atoms with Crippen molar-refractivity contribution in [2.75, 3.05) is 38.0 Å². The first-order valence-corrected chi connectivity index (χ1v) is 10.4. The van der Waals surface area contributed by atoms with E-state index in [9.17, 15) is 9.59 Å². The number of carbonyl (C=O) groups excluding carboxylic acids is 2. The van der Waals surface area contributed by atoms with E-state index in [1.54, 1.807) is 17.9 Å². The zero-order valence-corrected chi connectivity index (χ0v) is 18.1. The largest absolute Gasteiger partial charge is 0.360 e. The fourth-order valence-electron chi connectivity index (χ4n) is 3.89. The Kier molecular flexibility index (Phi) is 8.04. The van der Waals surface area contributed by atoms with Gasteiger partial charge < -0.3 is 19.6 Å². The van der Waals surface area contributed by atoms with Gasteiger partial charge in [0.25, 0.3) is 0 Å². The molecule has 2 amide bonds. The van der Waals surface area contributed by atoms with Gasteiger partial charge in [0.2, 0.25) is 11.8 Å². The molecule has 0 spiro atoms. The third kappa shape index (κ3) is 8.00. The normalized spacial score (nSPS) is 16.2. The zero-order chi connectivity index (χ0) is 20.7. The Hall–Kier alpha value is -1.89. The molecule has 0 unspecified atom stereocenters. The van der Waals surface area contributed by atoms with Crippen molar-refractivity contribution in [2.24, 2.45) is 11.3 Å². The SMILES string of the molecule is Cc1cc(NC(=O)CN(CCN2CCCC2)C(=O)C[C@H](C)CC(C)(C)C)no1. The van der Waals surface area contributed by atoms with E-state index in [1.807, 2.05) is 0 Å². The molecule has 158 valence electrons. The Balaban J connectivity index is 1.94. The minimum Gasteiger partial charge on any atom is -0.360 e. The lowest BCUT2D eigenvalue weighted by molar-refractivity contribution is -0.135. The number of rotatable bonds is 9. The van der Waals surface area contributed by atoms with Crippen LogP contribution in [-0.4, -0.2) is 59.5 Å². The molecule has 1 saturated heterocycles. The monoisotopic (exact) mass is 392 g/mol. The Morgan fingerprint density at radius 3 is 2.57 bits per heavy atom. The third-order valence-electron chi connectivity index (χ3n) is 4.95. The van der Waals surface area contributed by atoms with E-state index in [1.165, 1.54) is 12.8 Å². The van der Waals surface area contributed by atoms with Crippen LogP contribution >= 0.6 is 0 Å². The molecule has 2 heterocycles. The van der Waals surface area contributed by atoms with E-state index in [-0.39, 0.29) is 29.7 Å². The maximum absolute atomic E-state index is 12.9. The third-order valence-corrected chi connectivity index (χ3v) is 4.95. The van der Waals surface area contributed by atoms with Gasteiger partial charge in [0.15, 0.2) is 5.82 Å². The predicted molar refractivity (Wildman–Crippen MR) is 110 cm³/mol. The summed E-state index contributed by atoms with van der Waals surface area (Å²) in [6, 6.07) is 1.67. The number of nitrogens with zero attached hydrogens (tertiary/aromatic N) is 3. The summed E-state index contributed by atoms with van der Waals surface area (Å²) in [5.74, 6) is 1.10. The second-order valence-corrected chi connectivity index (χ2v) is 9.31. The molecule has 1 N–H and O–H groups in total. The van der Waals surface area contributed by atoms with Crippen molar-refractivity contribution in [3.05, 3.63) is 11.8 Å². The fraction of sp³-hybridized carbons (Fsp3) is 0.762. The van der Waals surface area contributed by atoms with Gasteiger partial charge in [-0.2, -0.15) is 0 Å². The molecule has 1 fully saturated rings. The fourth-order valence-corrected chi connectivity index (χ4v) is 3.89. The minimum absolute atomic E-state index is 0.0425. The van der Waals surface area contributed by atoms with E-state index in [0.29, 0.717) is 24.5 Å². The highest BCUT2D eigenvalue weighted by atomic mass is 16.5. The lowest BCUT2D eigenvalue weighted by Gasteiger charge is -2.28. The van der Waals surface area contributed by atoms with Gasteiger partial charge in [-0.15, -0.1) is 0 Å². The van der Waals surface area contributed by atoms with Crippen LogP contribution in [-0.2, 0) is 9.59 Å². The molecule has 1 aromatic rings. The van der Waals surface area contributed by atoms with Crippen molar-refractivity contribution >= 4 is 17.6 Å². The second-order valence-electron chi connectivity index (χ2n) is 9.31. The number of carbonyl (C=O) groups is 2. The van der Waals surface area contributed by atoms with Crippen LogP contribution in [0.15, 0.2) is 10.6 Å². The Morgan fingerprint density at radius 1 is 1.32 bits per heavy atom. The summed E-state index contributed by atoms with van der Waals surface area (Å²) < 4.78 is 4.98. The quantitative estimate of drug-likeness (QED) is 0.697. The smallest absolute Gasteiger partial charge is 0.245 e. The molecule has 0 bridgehead atoms. The van der Waals surface area contributed by atoms with Gasteiger partial charge in [0.1, 0.15) is 5.76 Å². The van der Waals surface area contributed by atoms with Gasteiger partial charge in [0.05, 0.1) is 6.54 Å². The molecule has 1 atom stereocenters. The molecule has 0 aromatic carbocycles. The Morgan fingerprint density at radius 2 is 2.00 bits per heavy atom. The van der Waals surface area contributed by atoms with Crippen LogP contribution in [0.3, 0.4) is 0 Å². The number of aromatic nitrogens is 1. The van der Waals surface area contributed by atoms with Crippen molar-refractivity contribution in [3.63, 3.8) is 0 Å². The summed E-state index contributed by atoms with van der Waals surface area (Å²) in [6.45, 7) is 14.0. The van der Waals surface area contributed by atoms with E-state index in [2.05, 4.69) is 43.1 Å². The molecule has 1 aliphatic heterocycles. The lowest BCUT2D eigenvalue weighted by Crippen LogP contribution is -2.43. The number of amides is 2. The first kappa shape index (κ1) is 22.4. The van der Waals surface area contributed by atoms with Crippen molar-refractivity contribution in [1.29, 1.82) is 0 Å². The molecule has 0 radical (unpaired) electrons. The van der Waals surface area contributed by atoms with E-state index in [4.69, 9.17) is 4.52 Å². The van der Waals surface area contributed by atoms with Gasteiger partial charge in [-0.1, -0.05) is 32.9 Å². The first-order valence-electron chi connectivity index (χ1n) is 10.4. The highest BCUT2D eigenvalue weighted by Crippen LogP contribution is 2.26. The first-order chi connectivity index (χ1) is 13.1. The maximum atomic E-state index is 12.9. The van der Waals surface area contributed by atoms with Gasteiger partial charge in [-0.3, -0.25) is 9.59 Å². The van der Waals surface area contributed by atoms with Crippen molar-refractivity contribution < 1.29 is 14.1 Å².